The fraction of sp³-hybridized carbons (Fsp3) is 0.389. The molecule has 0 radical (unpaired) electrons. The van der Waals surface area contributed by atoms with Crippen LogP contribution >= 0.6 is 0 Å². The van der Waals surface area contributed by atoms with Crippen molar-refractivity contribution >= 4 is 114 Å². The van der Waals surface area contributed by atoms with Crippen LogP contribution in [-0.2, 0) is 85.1 Å². The van der Waals surface area contributed by atoms with E-state index in [-0.39, 0.29) is 117 Å². The molecule has 14 amide bonds. The fourth-order valence-electron chi connectivity index (χ4n) is 14.1. The lowest BCUT2D eigenvalue weighted by Gasteiger charge is -2.31. The highest BCUT2D eigenvalue weighted by Gasteiger charge is 2.53. The molecule has 716 valence electrons. The largest absolute Gasteiger partial charge is 0.497 e. The van der Waals surface area contributed by atoms with Gasteiger partial charge in [0.05, 0.1) is 122 Å². The first-order valence-electron chi connectivity index (χ1n) is 40.6. The molecular weight excluding hydrogens is 1830 g/mol. The molecule has 0 spiro atoms. The van der Waals surface area contributed by atoms with Gasteiger partial charge in [0.15, 0.2) is 57.3 Å². The molecule has 5 aromatic rings. The zero-order valence-corrected chi connectivity index (χ0v) is 80.4. The number of benzene rings is 5. The van der Waals surface area contributed by atoms with E-state index in [0.29, 0.717) is 33.6 Å². The molecule has 45 heteroatoms. The number of esters is 3. The van der Waals surface area contributed by atoms with Crippen molar-refractivity contribution in [2.75, 3.05) is 111 Å². The summed E-state index contributed by atoms with van der Waals surface area (Å²) in [5.41, 5.74) is 3.79. The molecule has 38 nitrogen and oxygen atoms in total. The van der Waals surface area contributed by atoms with Gasteiger partial charge in [-0.3, -0.25) is 60.1 Å². The Bertz CT molecular complexity index is 5970. The first kappa shape index (κ1) is 105. The van der Waals surface area contributed by atoms with Crippen LogP contribution in [0.15, 0.2) is 66.7 Å². The SMILES string of the molecule is C#C[C@]1(CN2Cc3cc(F)c(OC)cc3C2=O)NC(=O)NC1=O.C#C[C@]1(CN2Cc3ccc(OC)c(F)c3C2=O)NC(=O)NC1=O.COC(=O)N[C@](C#C[Si](C)(C)C)(CN1Cc2cc(F)c(OC)cc2C1=O)C(=O)OC.COC(=O)N[C@](C#C[Si](C)(C)C)(CN1Cc2ccc(OC)c(F)c2C1=O)C(=O)OC.COC(=O)N[C@](C#C[Si](C)(C)C)(CN1Cc2ccc(OC)cc2C1=O)C(=O)OC. The minimum Gasteiger partial charge on any atom is -0.497 e. The highest BCUT2D eigenvalue weighted by Crippen LogP contribution is 2.38. The van der Waals surface area contributed by atoms with Crippen molar-refractivity contribution in [3.05, 3.63) is 146 Å². The minimum atomic E-state index is -1.99. The number of hydrogen-bond acceptors (Lipinski definition) is 26. The van der Waals surface area contributed by atoms with Crippen LogP contribution in [0.5, 0.6) is 28.7 Å². The van der Waals surface area contributed by atoms with Crippen LogP contribution in [0, 0.1) is 82.3 Å². The van der Waals surface area contributed by atoms with E-state index in [1.54, 1.807) is 30.3 Å². The lowest BCUT2D eigenvalue weighted by Crippen LogP contribution is -2.60. The van der Waals surface area contributed by atoms with E-state index in [2.05, 4.69) is 87.0 Å². The number of methoxy groups -OCH3 is 11. The number of imide groups is 2. The number of nitrogens with zero attached hydrogens (tertiary/aromatic N) is 5. The molecule has 0 saturated carbocycles. The van der Waals surface area contributed by atoms with E-state index in [0.717, 1.165) is 34.0 Å². The average molecular weight is 1930 g/mol. The number of amides is 14. The summed E-state index contributed by atoms with van der Waals surface area (Å²) in [6.45, 7) is 17.0. The van der Waals surface area contributed by atoms with E-state index < -0.39 is 159 Å². The molecule has 0 unspecified atom stereocenters. The maximum atomic E-state index is 14.6. The van der Waals surface area contributed by atoms with Crippen molar-refractivity contribution in [2.45, 2.75) is 119 Å². The number of nitrogens with one attached hydrogen (secondary N) is 7. The molecule has 135 heavy (non-hydrogen) atoms. The van der Waals surface area contributed by atoms with E-state index in [1.165, 1.54) is 111 Å². The maximum Gasteiger partial charge on any atom is 0.408 e. The second-order valence-electron chi connectivity index (χ2n) is 33.8. The van der Waals surface area contributed by atoms with Crippen molar-refractivity contribution in [1.29, 1.82) is 0 Å². The Morgan fingerprint density at radius 2 is 0.681 bits per heavy atom. The summed E-state index contributed by atoms with van der Waals surface area (Å²) in [6, 6.07) is 14.8. The summed E-state index contributed by atoms with van der Waals surface area (Å²) in [6.07, 6.45) is 8.09. The van der Waals surface area contributed by atoms with Gasteiger partial charge in [-0.2, -0.15) is 0 Å². The molecule has 7 N–H and O–H groups in total. The molecule has 7 aliphatic heterocycles. The number of ether oxygens (including phenoxy) is 11. The Labute approximate surface area is 777 Å². The minimum absolute atomic E-state index is 0.0330. The van der Waals surface area contributed by atoms with Gasteiger partial charge in [-0.25, -0.2) is 55.9 Å². The van der Waals surface area contributed by atoms with Crippen molar-refractivity contribution in [3.63, 3.8) is 0 Å². The second-order valence-corrected chi connectivity index (χ2v) is 48.1. The zero-order chi connectivity index (χ0) is 101. The number of terminal acetylenes is 2. The van der Waals surface area contributed by atoms with Gasteiger partial charge in [0, 0.05) is 49.4 Å². The summed E-state index contributed by atoms with van der Waals surface area (Å²) in [5.74, 6) is 4.33. The fourth-order valence-corrected chi connectivity index (χ4v) is 15.9. The molecule has 2 saturated heterocycles. The van der Waals surface area contributed by atoms with E-state index in [1.807, 2.05) is 69.6 Å². The Morgan fingerprint density at radius 3 is 0.993 bits per heavy atom. The summed E-state index contributed by atoms with van der Waals surface area (Å²) in [4.78, 5) is 191. The lowest BCUT2D eigenvalue weighted by molar-refractivity contribution is -0.147. The molecule has 0 aliphatic carbocycles. The lowest BCUT2D eigenvalue weighted by atomic mass is 10.00. The van der Waals surface area contributed by atoms with Crippen LogP contribution in [0.4, 0.5) is 41.5 Å². The summed E-state index contributed by atoms with van der Waals surface area (Å²) in [5, 5.41) is 16.1. The van der Waals surface area contributed by atoms with Gasteiger partial charge in [-0.1, -0.05) is 107 Å². The number of fused-ring (bicyclic) bond motifs is 5. The molecule has 7 aliphatic rings. The topological polar surface area (TPSA) is 458 Å². The number of hydrogen-bond donors (Lipinski definition) is 7. The predicted molar refractivity (Wildman–Crippen MR) is 479 cm³/mol. The quantitative estimate of drug-likeness (QED) is 0.0116. The number of carbonyl (C=O) groups is 15. The second kappa shape index (κ2) is 42.5. The van der Waals surface area contributed by atoms with E-state index in [4.69, 9.17) is 50.7 Å². The van der Waals surface area contributed by atoms with Crippen LogP contribution in [0.2, 0.25) is 58.9 Å². The van der Waals surface area contributed by atoms with E-state index >= 15 is 0 Å². The molecule has 12 rings (SSSR count). The average Bonchev–Trinajstić information content (AvgIpc) is 1.63. The molecule has 7 heterocycles. The van der Waals surface area contributed by atoms with Crippen LogP contribution in [0.25, 0.3) is 0 Å². The third kappa shape index (κ3) is 23.8. The van der Waals surface area contributed by atoms with Crippen molar-refractivity contribution in [2.24, 2.45) is 0 Å². The first-order valence-corrected chi connectivity index (χ1v) is 51.1. The molecule has 5 atom stereocenters. The van der Waals surface area contributed by atoms with Gasteiger partial charge in [0.2, 0.25) is 16.6 Å². The third-order valence-corrected chi connectivity index (χ3v) is 23.5. The Balaban J connectivity index is 0.000000208. The van der Waals surface area contributed by atoms with E-state index in [9.17, 15) is 89.5 Å². The number of halogens is 4. The first-order chi connectivity index (χ1) is 63.3. The van der Waals surface area contributed by atoms with Crippen LogP contribution in [0.3, 0.4) is 0 Å². The van der Waals surface area contributed by atoms with Gasteiger partial charge >= 0.3 is 48.2 Å². The highest BCUT2D eigenvalue weighted by atomic mass is 28.3. The predicted octanol–water partition coefficient (Wildman–Crippen LogP) is 5.68. The normalized spacial score (nSPS) is 17.4. The molecule has 0 bridgehead atoms. The molecular formula is C90H100F4N12O26Si3. The number of carbonyl (C=O) groups excluding carboxylic acids is 15. The summed E-state index contributed by atoms with van der Waals surface area (Å²) in [7, 11) is 7.84. The van der Waals surface area contributed by atoms with Crippen molar-refractivity contribution in [1.82, 2.24) is 61.7 Å². The zero-order valence-electron chi connectivity index (χ0n) is 77.4. The van der Waals surface area contributed by atoms with Crippen LogP contribution < -0.4 is 60.9 Å². The number of rotatable bonds is 21. The molecule has 2 fully saturated rings. The number of alkyl carbamates (subject to hydrolysis) is 3. The summed E-state index contributed by atoms with van der Waals surface area (Å²) < 4.78 is 110. The summed E-state index contributed by atoms with van der Waals surface area (Å²) >= 11 is 0. The monoisotopic (exact) mass is 1920 g/mol. The van der Waals surface area contributed by atoms with Gasteiger partial charge < -0.3 is 87.2 Å². The number of urea groups is 2. The van der Waals surface area contributed by atoms with Crippen LogP contribution in [-0.4, -0.2) is 277 Å². The van der Waals surface area contributed by atoms with Crippen molar-refractivity contribution < 1.29 is 142 Å². The van der Waals surface area contributed by atoms with Crippen molar-refractivity contribution in [3.8, 4) is 87.8 Å². The Hall–Kier alpha value is -15.3. The maximum absolute atomic E-state index is 14.6. The Kier molecular flexibility index (Phi) is 33.1. The highest BCUT2D eigenvalue weighted by molar-refractivity contribution is 6.84. The molecule has 0 aromatic heterocycles. The van der Waals surface area contributed by atoms with Crippen LogP contribution in [0.1, 0.15) is 79.6 Å². The third-order valence-electron chi connectivity index (χ3n) is 20.8. The van der Waals surface area contributed by atoms with Gasteiger partial charge in [-0.15, -0.1) is 29.5 Å². The molecule has 5 aromatic carbocycles. The standard InChI is InChI=1S/2C20H25FN2O6Si.C20H26N2O6Si.2C15H12FN3O4/c1-27-16-10-14-13(9-15(16)21)11-23(17(14)24)12-20(18(25)28-2,22-19(26)29-3)7-8-30(4,5)6;1-27-14-8-7-13-11-23(17(24)15(13)16(14)21)12-20(18(25)28-2,22-19(26)29-3)9-10-30(4,5)6;1-26-15-8-7-14-12-22(17(23)16(14)11-15)13-20(18(24)27-2,21-19(25)28-3)9-10-29(4,5)6;1-3-15(13(21)17-14(22)18-15)7-19-6-8-4-10(16)11(23-2)5-9(8)12(19)20;1-3-15(13(21)17-14(22)18-15)7-19-6-8-4-5-9(23-2)11(16)10(8)12(19)20/h9-10H,11-12H2,1-6H3,(H,22,26);7-8H,11-12H2,1-6H3,(H,22,26);7-8,11H,12-13H2,1-6H3,(H,21,25);2*1,4-5H,6-7H2,2H3,(H2,17,18,21,22)/t3*20-;2*15-/m11111/s1. The van der Waals surface area contributed by atoms with Gasteiger partial charge in [0.25, 0.3) is 41.4 Å². The Morgan fingerprint density at radius 1 is 0.385 bits per heavy atom. The van der Waals surface area contributed by atoms with Gasteiger partial charge in [-0.05, 0) is 76.3 Å². The van der Waals surface area contributed by atoms with Gasteiger partial charge in [0.1, 0.15) is 30.0 Å². The smallest absolute Gasteiger partial charge is 0.408 e.